The summed E-state index contributed by atoms with van der Waals surface area (Å²) in [4.78, 5) is 16.5. The van der Waals surface area contributed by atoms with Gasteiger partial charge < -0.3 is 15.6 Å². The molecule has 0 saturated heterocycles. The molecule has 2 unspecified atom stereocenters. The summed E-state index contributed by atoms with van der Waals surface area (Å²) in [7, 11) is 0. The maximum atomic E-state index is 13.9. The minimum atomic E-state index is -1.09. The smallest absolute Gasteiger partial charge is 0.158 e. The Morgan fingerprint density at radius 1 is 1.35 bits per heavy atom. The van der Waals surface area contributed by atoms with Crippen molar-refractivity contribution < 1.29 is 23.4 Å². The van der Waals surface area contributed by atoms with Gasteiger partial charge in [-0.3, -0.25) is 9.78 Å². The molecule has 2 aromatic rings. The number of allylic oxidation sites excluding steroid dienone is 2. The van der Waals surface area contributed by atoms with E-state index in [1.165, 1.54) is 12.3 Å². The van der Waals surface area contributed by atoms with Gasteiger partial charge in [0.2, 0.25) is 0 Å². The van der Waals surface area contributed by atoms with Crippen molar-refractivity contribution in [3.63, 3.8) is 0 Å². The van der Waals surface area contributed by atoms with E-state index in [0.29, 0.717) is 18.5 Å². The number of pyridine rings is 1. The van der Waals surface area contributed by atoms with Gasteiger partial charge in [-0.1, -0.05) is 36.4 Å². The first-order valence-corrected chi connectivity index (χ1v) is 10.2. The number of hydrogen-bond acceptors (Lipinski definition) is 5. The first kappa shape index (κ1) is 22.9. The number of rotatable bonds is 10. The van der Waals surface area contributed by atoms with E-state index >= 15 is 0 Å². The van der Waals surface area contributed by atoms with Crippen molar-refractivity contribution in [3.05, 3.63) is 83.0 Å². The number of hydrogen-bond donors (Lipinski definition) is 2. The molecule has 3 rings (SSSR count). The number of ketones is 1. The lowest BCUT2D eigenvalue weighted by Gasteiger charge is -2.22. The van der Waals surface area contributed by atoms with E-state index in [-0.39, 0.29) is 31.1 Å². The van der Waals surface area contributed by atoms with Crippen molar-refractivity contribution in [1.82, 2.24) is 4.98 Å². The topological polar surface area (TPSA) is 85.4 Å². The number of aromatic nitrogens is 1. The largest absolute Gasteiger partial charge is 0.368 e. The van der Waals surface area contributed by atoms with Crippen molar-refractivity contribution in [1.29, 1.82) is 0 Å². The van der Waals surface area contributed by atoms with E-state index in [2.05, 4.69) is 4.98 Å². The molecule has 1 aromatic carbocycles. The number of carbonyl (C=O) groups is 1. The summed E-state index contributed by atoms with van der Waals surface area (Å²) in [6, 6.07) is 9.06. The summed E-state index contributed by atoms with van der Waals surface area (Å²) < 4.78 is 31.1. The van der Waals surface area contributed by atoms with Crippen LogP contribution < -0.4 is 5.73 Å². The molecule has 1 aromatic heterocycles. The molecule has 0 radical (unpaired) electrons. The van der Waals surface area contributed by atoms with E-state index in [0.717, 1.165) is 28.5 Å². The molecule has 164 valence electrons. The highest BCUT2D eigenvalue weighted by atomic mass is 19.1. The highest BCUT2D eigenvalue weighted by Gasteiger charge is 2.24. The fourth-order valence-corrected chi connectivity index (χ4v) is 3.66. The van der Waals surface area contributed by atoms with Crippen molar-refractivity contribution >= 4 is 11.4 Å². The third-order valence-electron chi connectivity index (χ3n) is 5.27. The highest BCUT2D eigenvalue weighted by Crippen LogP contribution is 2.33. The number of nitrogens with zero attached hydrogens (tertiary/aromatic N) is 1. The van der Waals surface area contributed by atoms with Gasteiger partial charge >= 0.3 is 0 Å². The number of Topliss-reactive ketones (excluding diaryl/α,β-unsaturated/α-hetero) is 1. The number of aliphatic hydroxyl groups excluding tert-OH is 1. The quantitative estimate of drug-likeness (QED) is 0.568. The van der Waals surface area contributed by atoms with Crippen LogP contribution in [0.2, 0.25) is 0 Å². The molecule has 0 spiro atoms. The minimum Gasteiger partial charge on any atom is -0.368 e. The van der Waals surface area contributed by atoms with E-state index in [4.69, 9.17) is 10.5 Å². The zero-order chi connectivity index (χ0) is 22.2. The van der Waals surface area contributed by atoms with E-state index in [1.54, 1.807) is 0 Å². The average molecular weight is 428 g/mol. The molecule has 0 fully saturated rings. The van der Waals surface area contributed by atoms with Gasteiger partial charge in [0, 0.05) is 31.5 Å². The number of ether oxygens (including phenoxy) is 1. The molecule has 3 N–H and O–H groups in total. The van der Waals surface area contributed by atoms with E-state index in [1.807, 2.05) is 36.4 Å². The second-order valence-corrected chi connectivity index (χ2v) is 7.41. The number of alkyl halides is 1. The Kier molecular flexibility index (Phi) is 8.17. The van der Waals surface area contributed by atoms with Gasteiger partial charge in [0.05, 0.1) is 12.8 Å². The SMILES string of the molecule is NCC1=C(c2cccc(CC(O)OCCF)c2)CC(C(=O)Cc2ccncc2F)C=C1. The molecule has 0 bridgehead atoms. The van der Waals surface area contributed by atoms with Crippen molar-refractivity contribution in [2.24, 2.45) is 11.7 Å². The number of carbonyl (C=O) groups excluding carboxylic acids is 1. The number of nitrogens with two attached hydrogens (primary N) is 1. The lowest BCUT2D eigenvalue weighted by atomic mass is 9.82. The molecule has 1 aliphatic carbocycles. The van der Waals surface area contributed by atoms with Crippen LogP contribution >= 0.6 is 0 Å². The highest BCUT2D eigenvalue weighted by molar-refractivity contribution is 5.88. The Morgan fingerprint density at radius 3 is 2.94 bits per heavy atom. The average Bonchev–Trinajstić information content (AvgIpc) is 2.79. The lowest BCUT2D eigenvalue weighted by molar-refractivity contribution is -0.120. The molecule has 31 heavy (non-hydrogen) atoms. The van der Waals surface area contributed by atoms with Crippen LogP contribution in [0, 0.1) is 11.7 Å². The first-order chi connectivity index (χ1) is 15.0. The van der Waals surface area contributed by atoms with Crippen LogP contribution in [0.15, 0.2) is 60.5 Å². The van der Waals surface area contributed by atoms with Gasteiger partial charge in [0.25, 0.3) is 0 Å². The zero-order valence-electron chi connectivity index (χ0n) is 17.1. The predicted octanol–water partition coefficient (Wildman–Crippen LogP) is 3.17. The summed E-state index contributed by atoms with van der Waals surface area (Å²) in [6.07, 6.45) is 5.84. The van der Waals surface area contributed by atoms with Crippen LogP contribution in [-0.4, -0.2) is 42.0 Å². The van der Waals surface area contributed by atoms with Crippen LogP contribution in [0.3, 0.4) is 0 Å². The fraction of sp³-hybridized carbons (Fsp3) is 0.333. The number of benzene rings is 1. The van der Waals surface area contributed by atoms with Crippen molar-refractivity contribution in [2.75, 3.05) is 19.8 Å². The molecular formula is C24H26F2N2O3. The Bertz CT molecular complexity index is 975. The van der Waals surface area contributed by atoms with Crippen LogP contribution in [0.1, 0.15) is 23.1 Å². The molecular weight excluding hydrogens is 402 g/mol. The maximum absolute atomic E-state index is 13.9. The van der Waals surface area contributed by atoms with Gasteiger partial charge in [0.15, 0.2) is 6.29 Å². The Morgan fingerprint density at radius 2 is 2.19 bits per heavy atom. The second-order valence-electron chi connectivity index (χ2n) is 7.41. The molecule has 0 aliphatic heterocycles. The summed E-state index contributed by atoms with van der Waals surface area (Å²) in [6.45, 7) is -0.497. The van der Waals surface area contributed by atoms with Gasteiger partial charge in [-0.25, -0.2) is 8.78 Å². The predicted molar refractivity (Wildman–Crippen MR) is 114 cm³/mol. The van der Waals surface area contributed by atoms with Gasteiger partial charge in [0.1, 0.15) is 18.3 Å². The Balaban J connectivity index is 1.76. The van der Waals surface area contributed by atoms with Gasteiger partial charge in [-0.05, 0) is 40.3 Å². The Labute approximate surface area is 180 Å². The van der Waals surface area contributed by atoms with Crippen molar-refractivity contribution in [2.45, 2.75) is 25.6 Å². The molecule has 5 nitrogen and oxygen atoms in total. The standard InChI is InChI=1S/C24H26F2N2O3/c25-7-9-31-24(30)11-16-2-1-3-17(10-16)21-12-19(4-5-20(21)14-27)23(29)13-18-6-8-28-15-22(18)26/h1-6,8,10,15,19,24,30H,7,9,11-14,27H2. The zero-order valence-corrected chi connectivity index (χ0v) is 17.1. The van der Waals surface area contributed by atoms with E-state index < -0.39 is 18.8 Å². The van der Waals surface area contributed by atoms with E-state index in [9.17, 15) is 18.7 Å². The normalized spacial score (nSPS) is 17.1. The van der Waals surface area contributed by atoms with Crippen molar-refractivity contribution in [3.8, 4) is 0 Å². The van der Waals surface area contributed by atoms with Crippen LogP contribution in [0.4, 0.5) is 8.78 Å². The summed E-state index contributed by atoms with van der Waals surface area (Å²) in [5.74, 6) is -0.962. The maximum Gasteiger partial charge on any atom is 0.158 e. The molecule has 0 amide bonds. The molecule has 0 saturated carbocycles. The molecule has 2 atom stereocenters. The fourth-order valence-electron chi connectivity index (χ4n) is 3.66. The minimum absolute atomic E-state index is 0.00720. The molecule has 7 heteroatoms. The van der Waals surface area contributed by atoms with Crippen LogP contribution in [0.25, 0.3) is 5.57 Å². The van der Waals surface area contributed by atoms with Crippen LogP contribution in [0.5, 0.6) is 0 Å². The Hall–Kier alpha value is -2.74. The monoisotopic (exact) mass is 428 g/mol. The number of aliphatic hydroxyl groups is 1. The number of halogens is 2. The second kappa shape index (κ2) is 11.0. The summed E-state index contributed by atoms with van der Waals surface area (Å²) in [5.41, 5.74) is 9.84. The molecule has 1 aliphatic rings. The summed E-state index contributed by atoms with van der Waals surface area (Å²) >= 11 is 0. The third-order valence-corrected chi connectivity index (χ3v) is 5.27. The summed E-state index contributed by atoms with van der Waals surface area (Å²) in [5, 5.41) is 9.90. The molecule has 1 heterocycles. The van der Waals surface area contributed by atoms with Gasteiger partial charge in [-0.15, -0.1) is 0 Å². The first-order valence-electron chi connectivity index (χ1n) is 10.2. The third kappa shape index (κ3) is 6.13. The lowest BCUT2D eigenvalue weighted by Crippen LogP contribution is -2.20. The van der Waals surface area contributed by atoms with Crippen LogP contribution in [-0.2, 0) is 22.4 Å². The van der Waals surface area contributed by atoms with Gasteiger partial charge in [-0.2, -0.15) is 0 Å².